The quantitative estimate of drug-likeness (QED) is 0.602. The van der Waals surface area contributed by atoms with Crippen LogP contribution in [0.4, 0.5) is 5.69 Å². The Morgan fingerprint density at radius 2 is 1.62 bits per heavy atom. The summed E-state index contributed by atoms with van der Waals surface area (Å²) < 4.78 is 4.18. The summed E-state index contributed by atoms with van der Waals surface area (Å²) in [7, 11) is 0. The summed E-state index contributed by atoms with van der Waals surface area (Å²) in [4.78, 5) is 13.5. The Labute approximate surface area is 121 Å². The second-order valence-corrected chi connectivity index (χ2v) is 5.56. The van der Waals surface area contributed by atoms with Gasteiger partial charge in [0.15, 0.2) is 0 Å². The van der Waals surface area contributed by atoms with Crippen LogP contribution in [0.1, 0.15) is 18.1 Å². The zero-order valence-electron chi connectivity index (χ0n) is 12.2. The Morgan fingerprint density at radius 3 is 2.38 bits per heavy atom. The number of nitrogens with one attached hydrogen (secondary N) is 1. The number of fused-ring (bicyclic) bond motifs is 4. The average molecular weight is 280 g/mol. The highest BCUT2D eigenvalue weighted by Crippen LogP contribution is 2.30. The van der Waals surface area contributed by atoms with Crippen LogP contribution in [0, 0.1) is 13.8 Å². The maximum absolute atomic E-state index is 11.4. The predicted molar refractivity (Wildman–Crippen MR) is 82.6 cm³/mol. The Balaban J connectivity index is 1.88. The van der Waals surface area contributed by atoms with Crippen LogP contribution in [0.25, 0.3) is 16.7 Å². The molecule has 1 amide bonds. The number of rotatable bonds is 2. The van der Waals surface area contributed by atoms with Gasteiger partial charge in [0.2, 0.25) is 5.91 Å². The molecule has 0 bridgehead atoms. The molecule has 0 spiro atoms. The molecule has 0 fully saturated rings. The molecule has 4 aromatic rings. The lowest BCUT2D eigenvalue weighted by Gasteiger charge is -2.07. The number of hydrogen-bond donors (Lipinski definition) is 1. The van der Waals surface area contributed by atoms with E-state index in [-0.39, 0.29) is 5.91 Å². The number of anilines is 1. The lowest BCUT2D eigenvalue weighted by atomic mass is 10.2. The fourth-order valence-electron chi connectivity index (χ4n) is 2.77. The van der Waals surface area contributed by atoms with Crippen LogP contribution >= 0.6 is 0 Å². The third-order valence-corrected chi connectivity index (χ3v) is 3.75. The van der Waals surface area contributed by atoms with Crippen molar-refractivity contribution in [3.8, 4) is 5.69 Å². The summed E-state index contributed by atoms with van der Waals surface area (Å²) >= 11 is 0. The molecular formula is C16H16N4O. The monoisotopic (exact) mass is 280 g/mol. The Kier molecular flexibility index (Phi) is 2.25. The zero-order chi connectivity index (χ0) is 14.7. The van der Waals surface area contributed by atoms with Crippen molar-refractivity contribution in [2.75, 3.05) is 5.32 Å². The number of amides is 1. The van der Waals surface area contributed by atoms with Crippen LogP contribution in [0.3, 0.4) is 0 Å². The fraction of sp³-hybridized carbons (Fsp3) is 0.188. The van der Waals surface area contributed by atoms with Crippen molar-refractivity contribution in [3.63, 3.8) is 0 Å². The Morgan fingerprint density at radius 1 is 0.952 bits per heavy atom. The van der Waals surface area contributed by atoms with Gasteiger partial charge in [-0.15, -0.1) is 14.1 Å². The summed E-state index contributed by atoms with van der Waals surface area (Å²) in [6.07, 6.45) is 0. The van der Waals surface area contributed by atoms with Gasteiger partial charge in [0.1, 0.15) is 16.7 Å². The number of carbonyl (C=O) groups excluding carboxylic acids is 1. The van der Waals surface area contributed by atoms with Gasteiger partial charge in [0.25, 0.3) is 0 Å². The van der Waals surface area contributed by atoms with E-state index in [4.69, 9.17) is 0 Å². The van der Waals surface area contributed by atoms with Crippen molar-refractivity contribution < 1.29 is 4.79 Å². The third-order valence-electron chi connectivity index (χ3n) is 3.75. The SMILES string of the molecule is CC(=O)Nc1cc(C)ccc1-n1n2c3ccc(C)cc3n12. The summed E-state index contributed by atoms with van der Waals surface area (Å²) in [5, 5.41) is 2.91. The second kappa shape index (κ2) is 3.91. The Hall–Kier alpha value is -2.69. The van der Waals surface area contributed by atoms with Crippen molar-refractivity contribution >= 4 is 22.6 Å². The van der Waals surface area contributed by atoms with Crippen molar-refractivity contribution in [3.05, 3.63) is 47.5 Å². The van der Waals surface area contributed by atoms with Gasteiger partial charge >= 0.3 is 0 Å². The molecule has 106 valence electrons. The molecule has 5 heteroatoms. The minimum Gasteiger partial charge on any atom is -0.324 e. The molecule has 0 aliphatic carbocycles. The number of hydrogen-bond acceptors (Lipinski definition) is 1. The molecule has 0 unspecified atom stereocenters. The van der Waals surface area contributed by atoms with Gasteiger partial charge in [-0.05, 0) is 49.2 Å². The number of carbonyl (C=O) groups is 1. The molecule has 5 nitrogen and oxygen atoms in total. The van der Waals surface area contributed by atoms with E-state index in [1.165, 1.54) is 23.5 Å². The molecule has 21 heavy (non-hydrogen) atoms. The van der Waals surface area contributed by atoms with E-state index in [1.54, 1.807) is 0 Å². The van der Waals surface area contributed by atoms with E-state index < -0.39 is 0 Å². The molecule has 2 aromatic carbocycles. The van der Waals surface area contributed by atoms with E-state index >= 15 is 0 Å². The van der Waals surface area contributed by atoms with Crippen LogP contribution < -0.4 is 5.32 Å². The van der Waals surface area contributed by atoms with Gasteiger partial charge in [0.05, 0.1) is 5.69 Å². The number of benzene rings is 2. The normalized spacial score (nSPS) is 11.8. The van der Waals surface area contributed by atoms with Gasteiger partial charge in [-0.25, -0.2) is 0 Å². The molecule has 0 radical (unpaired) electrons. The van der Waals surface area contributed by atoms with Gasteiger partial charge in [-0.2, -0.15) is 0 Å². The van der Waals surface area contributed by atoms with Crippen LogP contribution in [0.5, 0.6) is 0 Å². The summed E-state index contributed by atoms with van der Waals surface area (Å²) in [5.41, 5.74) is 6.56. The smallest absolute Gasteiger partial charge is 0.221 e. The zero-order valence-corrected chi connectivity index (χ0v) is 12.2. The Bertz CT molecular complexity index is 969. The van der Waals surface area contributed by atoms with E-state index in [2.05, 4.69) is 50.6 Å². The molecule has 1 N–H and O–H groups in total. The minimum atomic E-state index is -0.0607. The van der Waals surface area contributed by atoms with Crippen molar-refractivity contribution in [2.45, 2.75) is 20.8 Å². The highest BCUT2D eigenvalue weighted by molar-refractivity contribution is 5.91. The molecule has 0 aliphatic rings. The lowest BCUT2D eigenvalue weighted by molar-refractivity contribution is -0.114. The van der Waals surface area contributed by atoms with Crippen LogP contribution in [0.15, 0.2) is 36.4 Å². The van der Waals surface area contributed by atoms with E-state index in [0.29, 0.717) is 0 Å². The molecule has 0 saturated heterocycles. The molecular weight excluding hydrogens is 264 g/mol. The molecule has 4 rings (SSSR count). The standard InChI is InChI=1S/C16H16N4O/c1-10-4-6-14(13(8-10)17-12(3)21)18-19-15-7-5-11(2)9-16(15)20(18)19/h4-9H,1-3H3,(H,17,21). The first-order chi connectivity index (χ1) is 10.1. The molecule has 0 atom stereocenters. The number of nitrogens with zero attached hydrogens (tertiary/aromatic N) is 3. The predicted octanol–water partition coefficient (Wildman–Crippen LogP) is 3.00. The number of aromatic nitrogens is 3. The first-order valence-electron chi connectivity index (χ1n) is 6.95. The largest absolute Gasteiger partial charge is 0.324 e. The highest BCUT2D eigenvalue weighted by Gasteiger charge is 2.25. The van der Waals surface area contributed by atoms with Gasteiger partial charge in [-0.3, -0.25) is 4.79 Å². The summed E-state index contributed by atoms with van der Waals surface area (Å²) in [6.45, 7) is 5.64. The lowest BCUT2D eigenvalue weighted by Crippen LogP contribution is -2.08. The molecule has 2 heterocycles. The topological polar surface area (TPSA) is 42.8 Å². The van der Waals surface area contributed by atoms with E-state index in [0.717, 1.165) is 16.9 Å². The van der Waals surface area contributed by atoms with Gasteiger partial charge in [0, 0.05) is 6.92 Å². The van der Waals surface area contributed by atoms with E-state index in [9.17, 15) is 4.79 Å². The van der Waals surface area contributed by atoms with Crippen LogP contribution in [-0.4, -0.2) is 20.0 Å². The van der Waals surface area contributed by atoms with Crippen LogP contribution in [-0.2, 0) is 4.79 Å². The first-order valence-corrected chi connectivity index (χ1v) is 6.95. The molecule has 0 saturated carbocycles. The maximum atomic E-state index is 11.4. The fourth-order valence-corrected chi connectivity index (χ4v) is 2.77. The van der Waals surface area contributed by atoms with Crippen molar-refractivity contribution in [1.29, 1.82) is 0 Å². The highest BCUT2D eigenvalue weighted by atomic mass is 16.1. The third kappa shape index (κ3) is 1.67. The van der Waals surface area contributed by atoms with Gasteiger partial charge < -0.3 is 5.32 Å². The summed E-state index contributed by atoms with van der Waals surface area (Å²) in [6, 6.07) is 12.5. The number of aryl methyl sites for hydroxylation is 2. The van der Waals surface area contributed by atoms with Crippen molar-refractivity contribution in [1.82, 2.24) is 14.1 Å². The average Bonchev–Trinajstić information content (AvgIpc) is 3.05. The van der Waals surface area contributed by atoms with Crippen LogP contribution in [0.2, 0.25) is 0 Å². The van der Waals surface area contributed by atoms with E-state index in [1.807, 2.05) is 19.1 Å². The first kappa shape index (κ1) is 12.1. The van der Waals surface area contributed by atoms with Crippen molar-refractivity contribution in [2.24, 2.45) is 0 Å². The summed E-state index contributed by atoms with van der Waals surface area (Å²) in [5.74, 6) is -0.0607. The molecule has 0 aliphatic heterocycles. The maximum Gasteiger partial charge on any atom is 0.221 e. The van der Waals surface area contributed by atoms with Gasteiger partial charge in [-0.1, -0.05) is 12.1 Å². The molecule has 2 aromatic heterocycles. The second-order valence-electron chi connectivity index (χ2n) is 5.56. The minimum absolute atomic E-state index is 0.0607.